The molecule has 2 aromatic rings. The van der Waals surface area contributed by atoms with Crippen LogP contribution in [0.15, 0.2) is 30.5 Å². The van der Waals surface area contributed by atoms with Crippen LogP contribution in [0.4, 0.5) is 5.82 Å². The number of hydrogen-bond acceptors (Lipinski definition) is 4. The lowest BCUT2D eigenvalue weighted by atomic mass is 10.1. The minimum atomic E-state index is 0.151. The zero-order valence-electron chi connectivity index (χ0n) is 13.1. The highest BCUT2D eigenvalue weighted by atomic mass is 15.3. The quantitative estimate of drug-likeness (QED) is 0.940. The van der Waals surface area contributed by atoms with E-state index in [2.05, 4.69) is 65.5 Å². The molecule has 1 aromatic heterocycles. The average molecular weight is 284 g/mol. The Bertz CT molecular complexity index is 612. The fourth-order valence-corrected chi connectivity index (χ4v) is 2.98. The summed E-state index contributed by atoms with van der Waals surface area (Å²) < 4.78 is 0. The van der Waals surface area contributed by atoms with Crippen LogP contribution in [-0.4, -0.2) is 34.9 Å². The van der Waals surface area contributed by atoms with E-state index in [0.29, 0.717) is 6.04 Å². The largest absolute Gasteiger partial charge is 0.350 e. The third-order valence-corrected chi connectivity index (χ3v) is 4.07. The maximum Gasteiger partial charge on any atom is 0.159 e. The van der Waals surface area contributed by atoms with Crippen molar-refractivity contribution in [1.82, 2.24) is 15.5 Å². The van der Waals surface area contributed by atoms with Gasteiger partial charge in [-0.1, -0.05) is 24.3 Å². The van der Waals surface area contributed by atoms with Gasteiger partial charge in [-0.2, -0.15) is 5.10 Å². The van der Waals surface area contributed by atoms with Crippen molar-refractivity contribution in [3.8, 4) is 0 Å². The molecule has 1 fully saturated rings. The number of hydrogen-bond donors (Lipinski definition) is 1. The lowest BCUT2D eigenvalue weighted by Gasteiger charge is -2.30. The predicted octanol–water partition coefficient (Wildman–Crippen LogP) is 2.99. The van der Waals surface area contributed by atoms with Gasteiger partial charge in [-0.25, -0.2) is 0 Å². The van der Waals surface area contributed by atoms with Crippen LogP contribution in [0.25, 0.3) is 10.8 Å². The molecule has 0 radical (unpaired) electrons. The Morgan fingerprint density at radius 1 is 1.29 bits per heavy atom. The van der Waals surface area contributed by atoms with Crippen LogP contribution in [0.2, 0.25) is 0 Å². The molecule has 21 heavy (non-hydrogen) atoms. The van der Waals surface area contributed by atoms with Gasteiger partial charge in [0.2, 0.25) is 0 Å². The number of fused-ring (bicyclic) bond motifs is 1. The molecular formula is C17H24N4. The van der Waals surface area contributed by atoms with E-state index in [9.17, 15) is 0 Å². The Kier molecular flexibility index (Phi) is 3.81. The molecule has 0 saturated carbocycles. The molecule has 1 N–H and O–H groups in total. The van der Waals surface area contributed by atoms with Crippen molar-refractivity contribution in [1.29, 1.82) is 0 Å². The summed E-state index contributed by atoms with van der Waals surface area (Å²) in [6.45, 7) is 8.70. The van der Waals surface area contributed by atoms with Gasteiger partial charge in [-0.05, 0) is 33.6 Å². The summed E-state index contributed by atoms with van der Waals surface area (Å²) in [5.74, 6) is 1.03. The fourth-order valence-electron chi connectivity index (χ4n) is 2.98. The van der Waals surface area contributed by atoms with Crippen molar-refractivity contribution >= 4 is 16.6 Å². The summed E-state index contributed by atoms with van der Waals surface area (Å²) in [4.78, 5) is 2.42. The smallest absolute Gasteiger partial charge is 0.159 e. The molecule has 1 aromatic carbocycles. The van der Waals surface area contributed by atoms with Crippen LogP contribution in [0.1, 0.15) is 33.6 Å². The van der Waals surface area contributed by atoms with Gasteiger partial charge in [0, 0.05) is 35.4 Å². The molecule has 0 bridgehead atoms. The van der Waals surface area contributed by atoms with E-state index in [1.165, 1.54) is 18.2 Å². The Labute approximate surface area is 126 Å². The first-order chi connectivity index (χ1) is 10.0. The van der Waals surface area contributed by atoms with Crippen LogP contribution >= 0.6 is 0 Å². The van der Waals surface area contributed by atoms with Gasteiger partial charge in [-0.3, -0.25) is 0 Å². The lowest BCUT2D eigenvalue weighted by molar-refractivity contribution is 0.404. The van der Waals surface area contributed by atoms with E-state index in [1.54, 1.807) is 0 Å². The SMILES string of the molecule is CC(C)(C)NCC1CCCN1c1nncc2ccccc12. The van der Waals surface area contributed by atoms with Crippen molar-refractivity contribution in [3.63, 3.8) is 0 Å². The van der Waals surface area contributed by atoms with Gasteiger partial charge in [0.05, 0.1) is 6.20 Å². The van der Waals surface area contributed by atoms with Gasteiger partial charge in [0.15, 0.2) is 5.82 Å². The molecule has 0 amide bonds. The van der Waals surface area contributed by atoms with Crippen molar-refractivity contribution in [2.75, 3.05) is 18.0 Å². The van der Waals surface area contributed by atoms with Crippen molar-refractivity contribution in [2.45, 2.75) is 45.2 Å². The van der Waals surface area contributed by atoms with E-state index in [0.717, 1.165) is 24.3 Å². The zero-order chi connectivity index (χ0) is 14.9. The molecule has 1 aliphatic heterocycles. The summed E-state index contributed by atoms with van der Waals surface area (Å²) in [7, 11) is 0. The molecule has 4 heteroatoms. The Morgan fingerprint density at radius 2 is 2.10 bits per heavy atom. The number of nitrogens with zero attached hydrogens (tertiary/aromatic N) is 3. The third kappa shape index (κ3) is 3.16. The summed E-state index contributed by atoms with van der Waals surface area (Å²) in [5.41, 5.74) is 0.151. The normalized spacial score (nSPS) is 19.4. The van der Waals surface area contributed by atoms with Crippen LogP contribution < -0.4 is 10.2 Å². The molecule has 112 valence electrons. The first-order valence-corrected chi connectivity index (χ1v) is 7.77. The third-order valence-electron chi connectivity index (χ3n) is 4.07. The Hall–Kier alpha value is -1.68. The zero-order valence-corrected chi connectivity index (χ0v) is 13.1. The van der Waals surface area contributed by atoms with Gasteiger partial charge in [-0.15, -0.1) is 5.10 Å². The van der Waals surface area contributed by atoms with E-state index >= 15 is 0 Å². The van der Waals surface area contributed by atoms with E-state index in [-0.39, 0.29) is 5.54 Å². The van der Waals surface area contributed by atoms with Crippen molar-refractivity contribution in [3.05, 3.63) is 30.5 Å². The van der Waals surface area contributed by atoms with Crippen LogP contribution in [0, 0.1) is 0 Å². The lowest BCUT2D eigenvalue weighted by Crippen LogP contribution is -2.45. The second kappa shape index (κ2) is 5.60. The number of rotatable bonds is 3. The Balaban J connectivity index is 1.87. The van der Waals surface area contributed by atoms with E-state index in [1.807, 2.05) is 6.20 Å². The van der Waals surface area contributed by atoms with Gasteiger partial charge in [0.1, 0.15) is 0 Å². The molecule has 1 unspecified atom stereocenters. The second-order valence-corrected chi connectivity index (χ2v) is 6.88. The summed E-state index contributed by atoms with van der Waals surface area (Å²) in [5, 5.41) is 14.6. The number of nitrogens with one attached hydrogen (secondary N) is 1. The molecule has 4 nitrogen and oxygen atoms in total. The van der Waals surface area contributed by atoms with E-state index < -0.39 is 0 Å². The number of aromatic nitrogens is 2. The predicted molar refractivity (Wildman–Crippen MR) is 87.7 cm³/mol. The highest BCUT2D eigenvalue weighted by Crippen LogP contribution is 2.29. The molecule has 2 heterocycles. The van der Waals surface area contributed by atoms with Gasteiger partial charge in [0.25, 0.3) is 0 Å². The molecular weight excluding hydrogens is 260 g/mol. The number of anilines is 1. The summed E-state index contributed by atoms with van der Waals surface area (Å²) >= 11 is 0. The van der Waals surface area contributed by atoms with Crippen molar-refractivity contribution < 1.29 is 0 Å². The standard InChI is InChI=1S/C17H24N4/c1-17(2,3)18-12-14-8-6-10-21(14)16-15-9-5-4-7-13(15)11-19-20-16/h4-5,7,9,11,14,18H,6,8,10,12H2,1-3H3. The molecule has 1 atom stereocenters. The monoisotopic (exact) mass is 284 g/mol. The maximum absolute atomic E-state index is 4.43. The molecule has 1 aliphatic rings. The van der Waals surface area contributed by atoms with Gasteiger partial charge >= 0.3 is 0 Å². The molecule has 0 spiro atoms. The topological polar surface area (TPSA) is 41.0 Å². The van der Waals surface area contributed by atoms with Crippen molar-refractivity contribution in [2.24, 2.45) is 0 Å². The summed E-state index contributed by atoms with van der Waals surface area (Å²) in [6.07, 6.45) is 4.28. The molecule has 1 saturated heterocycles. The first kappa shape index (κ1) is 14.3. The maximum atomic E-state index is 4.43. The number of benzene rings is 1. The minimum absolute atomic E-state index is 0.151. The molecule has 3 rings (SSSR count). The van der Waals surface area contributed by atoms with Crippen LogP contribution in [0.3, 0.4) is 0 Å². The second-order valence-electron chi connectivity index (χ2n) is 6.88. The Morgan fingerprint density at radius 3 is 2.90 bits per heavy atom. The minimum Gasteiger partial charge on any atom is -0.350 e. The fraction of sp³-hybridized carbons (Fsp3) is 0.529. The average Bonchev–Trinajstić information content (AvgIpc) is 2.92. The van der Waals surface area contributed by atoms with Crippen LogP contribution in [0.5, 0.6) is 0 Å². The van der Waals surface area contributed by atoms with E-state index in [4.69, 9.17) is 0 Å². The summed E-state index contributed by atoms with van der Waals surface area (Å²) in [6, 6.07) is 8.88. The van der Waals surface area contributed by atoms with Gasteiger partial charge < -0.3 is 10.2 Å². The highest BCUT2D eigenvalue weighted by molar-refractivity contribution is 5.91. The molecule has 0 aliphatic carbocycles. The highest BCUT2D eigenvalue weighted by Gasteiger charge is 2.28. The van der Waals surface area contributed by atoms with Crippen LogP contribution in [-0.2, 0) is 0 Å². The first-order valence-electron chi connectivity index (χ1n) is 7.77.